The Morgan fingerprint density at radius 2 is 1.91 bits per heavy atom. The van der Waals surface area contributed by atoms with Gasteiger partial charge in [0.2, 0.25) is 0 Å². The molecule has 0 aliphatic rings. The molecule has 0 amide bonds. The maximum Gasteiger partial charge on any atom is 0.191 e. The molecule has 0 spiro atoms. The Hall–Kier alpha value is -2.36. The molecule has 0 fully saturated rings. The standard InChI is InChI=1S/C18H24N4/c1-3-20-18(21-12-10-16-5-4-11-19-13-16)22-14-17-8-6-15(2)7-9-17/h4-9,11,13H,3,10,12,14H2,1-2H3,(H2,20,21,22). The zero-order valence-corrected chi connectivity index (χ0v) is 13.3. The third-order valence-electron chi connectivity index (χ3n) is 3.31. The van der Waals surface area contributed by atoms with Crippen LogP contribution in [0.4, 0.5) is 0 Å². The lowest BCUT2D eigenvalue weighted by atomic mass is 10.1. The van der Waals surface area contributed by atoms with Gasteiger partial charge in [-0.2, -0.15) is 0 Å². The summed E-state index contributed by atoms with van der Waals surface area (Å²) >= 11 is 0. The van der Waals surface area contributed by atoms with Crippen LogP contribution in [0.25, 0.3) is 0 Å². The van der Waals surface area contributed by atoms with Crippen LogP contribution < -0.4 is 10.6 Å². The molecule has 116 valence electrons. The van der Waals surface area contributed by atoms with E-state index in [1.165, 1.54) is 16.7 Å². The minimum Gasteiger partial charge on any atom is -0.357 e. The lowest BCUT2D eigenvalue weighted by Gasteiger charge is -2.11. The third-order valence-corrected chi connectivity index (χ3v) is 3.31. The predicted octanol–water partition coefficient (Wildman–Crippen LogP) is 2.69. The van der Waals surface area contributed by atoms with Crippen molar-refractivity contribution in [3.05, 3.63) is 65.5 Å². The van der Waals surface area contributed by atoms with Gasteiger partial charge in [0.15, 0.2) is 5.96 Å². The summed E-state index contributed by atoms with van der Waals surface area (Å²) in [4.78, 5) is 8.75. The Balaban J connectivity index is 1.85. The van der Waals surface area contributed by atoms with Gasteiger partial charge >= 0.3 is 0 Å². The highest BCUT2D eigenvalue weighted by Gasteiger charge is 1.98. The highest BCUT2D eigenvalue weighted by Crippen LogP contribution is 2.04. The number of hydrogen-bond donors (Lipinski definition) is 2. The van der Waals surface area contributed by atoms with Gasteiger partial charge in [-0.25, -0.2) is 4.99 Å². The molecule has 0 aliphatic heterocycles. The second-order valence-electron chi connectivity index (χ2n) is 5.22. The summed E-state index contributed by atoms with van der Waals surface area (Å²) in [7, 11) is 0. The summed E-state index contributed by atoms with van der Waals surface area (Å²) in [6, 6.07) is 12.5. The molecule has 0 unspecified atom stereocenters. The van der Waals surface area contributed by atoms with Crippen molar-refractivity contribution in [2.45, 2.75) is 26.8 Å². The number of rotatable bonds is 6. The van der Waals surface area contributed by atoms with E-state index in [0.29, 0.717) is 6.54 Å². The lowest BCUT2D eigenvalue weighted by Crippen LogP contribution is -2.38. The van der Waals surface area contributed by atoms with E-state index in [4.69, 9.17) is 0 Å². The van der Waals surface area contributed by atoms with Gasteiger partial charge in [0.05, 0.1) is 6.54 Å². The predicted molar refractivity (Wildman–Crippen MR) is 91.9 cm³/mol. The van der Waals surface area contributed by atoms with E-state index < -0.39 is 0 Å². The summed E-state index contributed by atoms with van der Waals surface area (Å²) in [5, 5.41) is 6.64. The van der Waals surface area contributed by atoms with Crippen LogP contribution in [0.3, 0.4) is 0 Å². The molecule has 0 atom stereocenters. The number of benzene rings is 1. The molecular formula is C18H24N4. The Morgan fingerprint density at radius 1 is 1.09 bits per heavy atom. The van der Waals surface area contributed by atoms with Crippen molar-refractivity contribution in [3.63, 3.8) is 0 Å². The molecule has 1 heterocycles. The van der Waals surface area contributed by atoms with Crippen LogP contribution in [0.2, 0.25) is 0 Å². The average Bonchev–Trinajstić information content (AvgIpc) is 2.55. The zero-order valence-electron chi connectivity index (χ0n) is 13.3. The van der Waals surface area contributed by atoms with Crippen LogP contribution in [0.15, 0.2) is 53.8 Å². The van der Waals surface area contributed by atoms with Crippen molar-refractivity contribution in [3.8, 4) is 0 Å². The fourth-order valence-electron chi connectivity index (χ4n) is 2.08. The minimum absolute atomic E-state index is 0.683. The van der Waals surface area contributed by atoms with Gasteiger partial charge in [0.1, 0.15) is 0 Å². The molecule has 1 aromatic carbocycles. The number of nitrogens with one attached hydrogen (secondary N) is 2. The van der Waals surface area contributed by atoms with Gasteiger partial charge in [0, 0.05) is 25.5 Å². The number of aromatic nitrogens is 1. The first-order valence-electron chi connectivity index (χ1n) is 7.74. The summed E-state index contributed by atoms with van der Waals surface area (Å²) in [5.41, 5.74) is 3.72. The zero-order chi connectivity index (χ0) is 15.6. The number of guanidine groups is 1. The molecule has 0 aliphatic carbocycles. The Bertz CT molecular complexity index is 576. The molecular weight excluding hydrogens is 272 g/mol. The Kier molecular flexibility index (Phi) is 6.42. The highest BCUT2D eigenvalue weighted by molar-refractivity contribution is 5.79. The number of aliphatic imine (C=N–C) groups is 1. The highest BCUT2D eigenvalue weighted by atomic mass is 15.2. The van der Waals surface area contributed by atoms with Crippen molar-refractivity contribution >= 4 is 5.96 Å². The molecule has 4 nitrogen and oxygen atoms in total. The summed E-state index contributed by atoms with van der Waals surface area (Å²) < 4.78 is 0. The summed E-state index contributed by atoms with van der Waals surface area (Å²) in [6.45, 7) is 6.54. The van der Waals surface area contributed by atoms with E-state index in [9.17, 15) is 0 Å². The fraction of sp³-hybridized carbons (Fsp3) is 0.333. The molecule has 22 heavy (non-hydrogen) atoms. The summed E-state index contributed by atoms with van der Waals surface area (Å²) in [5.74, 6) is 0.854. The monoisotopic (exact) mass is 296 g/mol. The van der Waals surface area contributed by atoms with Gasteiger partial charge in [-0.05, 0) is 37.5 Å². The molecule has 0 saturated carbocycles. The maximum absolute atomic E-state index is 4.62. The average molecular weight is 296 g/mol. The molecule has 4 heteroatoms. The van der Waals surface area contributed by atoms with Crippen LogP contribution in [0.5, 0.6) is 0 Å². The Morgan fingerprint density at radius 3 is 2.59 bits per heavy atom. The van der Waals surface area contributed by atoms with Gasteiger partial charge in [-0.15, -0.1) is 0 Å². The number of nitrogens with zero attached hydrogens (tertiary/aromatic N) is 2. The first-order chi connectivity index (χ1) is 10.8. The van der Waals surface area contributed by atoms with E-state index in [2.05, 4.69) is 64.8 Å². The van der Waals surface area contributed by atoms with Crippen molar-refractivity contribution in [1.82, 2.24) is 15.6 Å². The van der Waals surface area contributed by atoms with E-state index in [1.807, 2.05) is 12.3 Å². The second-order valence-corrected chi connectivity index (χ2v) is 5.22. The molecule has 2 rings (SSSR count). The Labute approximate surface area is 132 Å². The molecule has 2 N–H and O–H groups in total. The molecule has 2 aromatic rings. The van der Waals surface area contributed by atoms with Crippen LogP contribution in [0, 0.1) is 6.92 Å². The van der Waals surface area contributed by atoms with Crippen molar-refractivity contribution in [2.24, 2.45) is 4.99 Å². The van der Waals surface area contributed by atoms with E-state index in [0.717, 1.165) is 25.5 Å². The topological polar surface area (TPSA) is 49.3 Å². The molecule has 0 bridgehead atoms. The number of aryl methyl sites for hydroxylation is 1. The van der Waals surface area contributed by atoms with Crippen LogP contribution in [-0.4, -0.2) is 24.0 Å². The molecule has 0 saturated heterocycles. The first-order valence-corrected chi connectivity index (χ1v) is 7.74. The van der Waals surface area contributed by atoms with Crippen molar-refractivity contribution < 1.29 is 0 Å². The fourth-order valence-corrected chi connectivity index (χ4v) is 2.08. The van der Waals surface area contributed by atoms with E-state index in [-0.39, 0.29) is 0 Å². The minimum atomic E-state index is 0.683. The summed E-state index contributed by atoms with van der Waals surface area (Å²) in [6.07, 6.45) is 4.63. The molecule has 0 radical (unpaired) electrons. The lowest BCUT2D eigenvalue weighted by molar-refractivity contribution is 0.798. The number of hydrogen-bond acceptors (Lipinski definition) is 2. The van der Waals surface area contributed by atoms with Crippen LogP contribution in [0.1, 0.15) is 23.6 Å². The smallest absolute Gasteiger partial charge is 0.191 e. The number of pyridine rings is 1. The van der Waals surface area contributed by atoms with Gasteiger partial charge in [-0.3, -0.25) is 4.98 Å². The van der Waals surface area contributed by atoms with E-state index in [1.54, 1.807) is 6.20 Å². The maximum atomic E-state index is 4.62. The van der Waals surface area contributed by atoms with E-state index >= 15 is 0 Å². The molecule has 1 aromatic heterocycles. The third kappa shape index (κ3) is 5.56. The second kappa shape index (κ2) is 8.82. The van der Waals surface area contributed by atoms with Gasteiger partial charge < -0.3 is 10.6 Å². The van der Waals surface area contributed by atoms with Crippen molar-refractivity contribution in [1.29, 1.82) is 0 Å². The van der Waals surface area contributed by atoms with Crippen LogP contribution in [-0.2, 0) is 13.0 Å². The van der Waals surface area contributed by atoms with Crippen molar-refractivity contribution in [2.75, 3.05) is 13.1 Å². The normalized spacial score (nSPS) is 11.3. The van der Waals surface area contributed by atoms with Gasteiger partial charge in [-0.1, -0.05) is 35.9 Å². The van der Waals surface area contributed by atoms with Gasteiger partial charge in [0.25, 0.3) is 0 Å². The first kappa shape index (κ1) is 16.0. The SMILES string of the molecule is CCNC(=NCc1ccc(C)cc1)NCCc1cccnc1. The van der Waals surface area contributed by atoms with Crippen LogP contribution >= 0.6 is 0 Å². The largest absolute Gasteiger partial charge is 0.357 e. The quantitative estimate of drug-likeness (QED) is 0.636.